The van der Waals surface area contributed by atoms with Crippen molar-refractivity contribution >= 4 is 5.91 Å². The summed E-state index contributed by atoms with van der Waals surface area (Å²) in [5, 5.41) is 6.28. The van der Waals surface area contributed by atoms with E-state index >= 15 is 0 Å². The lowest BCUT2D eigenvalue weighted by atomic mass is 10.1. The lowest BCUT2D eigenvalue weighted by Crippen LogP contribution is -2.30. The Hall–Kier alpha value is -0.570. The molecule has 1 amide bonds. The lowest BCUT2D eigenvalue weighted by Gasteiger charge is -2.08. The van der Waals surface area contributed by atoms with Gasteiger partial charge in [-0.15, -0.1) is 0 Å². The van der Waals surface area contributed by atoms with E-state index in [-0.39, 0.29) is 5.91 Å². The molecule has 3 heteroatoms. The van der Waals surface area contributed by atoms with Gasteiger partial charge < -0.3 is 10.6 Å². The molecule has 0 aromatic rings. The minimum absolute atomic E-state index is 0.167. The molecule has 2 N–H and O–H groups in total. The second-order valence-corrected chi connectivity index (χ2v) is 5.82. The van der Waals surface area contributed by atoms with Crippen LogP contribution in [0.15, 0.2) is 0 Å². The number of unbranched alkanes of at least 4 members (excludes halogenated alkanes) is 6. The van der Waals surface area contributed by atoms with E-state index in [2.05, 4.69) is 31.4 Å². The predicted molar refractivity (Wildman–Crippen MR) is 83.3 cm³/mol. The lowest BCUT2D eigenvalue weighted by molar-refractivity contribution is -0.121. The number of nitrogens with one attached hydrogen (secondary N) is 2. The minimum atomic E-state index is 0.167. The normalized spacial score (nSPS) is 10.9. The van der Waals surface area contributed by atoms with Crippen molar-refractivity contribution in [1.29, 1.82) is 0 Å². The van der Waals surface area contributed by atoms with E-state index in [1.165, 1.54) is 44.9 Å². The summed E-state index contributed by atoms with van der Waals surface area (Å²) in [6.07, 6.45) is 9.98. The van der Waals surface area contributed by atoms with Crippen molar-refractivity contribution in [1.82, 2.24) is 10.6 Å². The van der Waals surface area contributed by atoms with Crippen LogP contribution >= 0.6 is 0 Å². The van der Waals surface area contributed by atoms with Gasteiger partial charge in [-0.25, -0.2) is 0 Å². The van der Waals surface area contributed by atoms with Gasteiger partial charge in [0.1, 0.15) is 0 Å². The average molecular weight is 270 g/mol. The van der Waals surface area contributed by atoms with E-state index < -0.39 is 0 Å². The van der Waals surface area contributed by atoms with Crippen LogP contribution < -0.4 is 10.6 Å². The minimum Gasteiger partial charge on any atom is -0.356 e. The second kappa shape index (κ2) is 13.9. The molecule has 0 saturated carbocycles. The Balaban J connectivity index is 3.11. The Bertz CT molecular complexity index is 205. The molecule has 0 unspecified atom stereocenters. The molecule has 0 aliphatic carbocycles. The largest absolute Gasteiger partial charge is 0.356 e. The predicted octanol–water partition coefficient (Wildman–Crippen LogP) is 3.49. The van der Waals surface area contributed by atoms with Gasteiger partial charge >= 0.3 is 0 Å². The van der Waals surface area contributed by atoms with Crippen molar-refractivity contribution in [2.75, 3.05) is 19.6 Å². The van der Waals surface area contributed by atoms with E-state index in [9.17, 15) is 4.79 Å². The quantitative estimate of drug-likeness (QED) is 0.503. The van der Waals surface area contributed by atoms with Crippen molar-refractivity contribution < 1.29 is 4.79 Å². The molecule has 3 nitrogen and oxygen atoms in total. The summed E-state index contributed by atoms with van der Waals surface area (Å²) >= 11 is 0. The first kappa shape index (κ1) is 18.4. The first-order chi connectivity index (χ1) is 9.16. The summed E-state index contributed by atoms with van der Waals surface area (Å²) in [7, 11) is 0. The zero-order chi connectivity index (χ0) is 14.3. The number of hydrogen-bond acceptors (Lipinski definition) is 2. The Labute approximate surface area is 119 Å². The molecule has 0 bridgehead atoms. The van der Waals surface area contributed by atoms with Crippen LogP contribution in [0.2, 0.25) is 0 Å². The van der Waals surface area contributed by atoms with Crippen LogP contribution in [0.25, 0.3) is 0 Å². The van der Waals surface area contributed by atoms with Gasteiger partial charge in [0.05, 0.1) is 0 Å². The molecule has 0 saturated heterocycles. The molecule has 114 valence electrons. The number of rotatable bonds is 13. The molecule has 0 heterocycles. The molecule has 0 aromatic carbocycles. The first-order valence-electron chi connectivity index (χ1n) is 8.14. The molecule has 0 aliphatic heterocycles. The van der Waals surface area contributed by atoms with Crippen LogP contribution in [-0.4, -0.2) is 25.5 Å². The maximum atomic E-state index is 11.4. The molecule has 0 radical (unpaired) electrons. The van der Waals surface area contributed by atoms with Crippen LogP contribution in [0.3, 0.4) is 0 Å². The maximum Gasteiger partial charge on any atom is 0.221 e. The van der Waals surface area contributed by atoms with E-state index in [1.807, 2.05) is 0 Å². The fourth-order valence-electron chi connectivity index (χ4n) is 1.94. The number of carbonyl (C=O) groups excluding carboxylic acids is 1. The van der Waals surface area contributed by atoms with E-state index in [0.29, 0.717) is 12.3 Å². The Morgan fingerprint density at radius 2 is 1.58 bits per heavy atom. The summed E-state index contributed by atoms with van der Waals surface area (Å²) in [5.74, 6) is 0.699. The fraction of sp³-hybridized carbons (Fsp3) is 0.938. The van der Waals surface area contributed by atoms with Gasteiger partial charge in [-0.2, -0.15) is 0 Å². The van der Waals surface area contributed by atoms with Crippen molar-refractivity contribution in [2.24, 2.45) is 5.92 Å². The van der Waals surface area contributed by atoms with Gasteiger partial charge in [-0.3, -0.25) is 4.79 Å². The number of hydrogen-bond donors (Lipinski definition) is 2. The van der Waals surface area contributed by atoms with Crippen LogP contribution in [0.1, 0.15) is 72.1 Å². The third kappa shape index (κ3) is 15.4. The van der Waals surface area contributed by atoms with Crippen LogP contribution in [-0.2, 0) is 4.79 Å². The van der Waals surface area contributed by atoms with E-state index in [1.54, 1.807) is 0 Å². The molecule has 0 aromatic heterocycles. The second-order valence-electron chi connectivity index (χ2n) is 5.82. The zero-order valence-corrected chi connectivity index (χ0v) is 13.3. The van der Waals surface area contributed by atoms with Gasteiger partial charge in [0.25, 0.3) is 0 Å². The molecule has 19 heavy (non-hydrogen) atoms. The smallest absolute Gasteiger partial charge is 0.221 e. The highest BCUT2D eigenvalue weighted by Gasteiger charge is 2.01. The third-order valence-corrected chi connectivity index (χ3v) is 3.19. The topological polar surface area (TPSA) is 41.1 Å². The molecular weight excluding hydrogens is 236 g/mol. The average Bonchev–Trinajstić information content (AvgIpc) is 2.38. The van der Waals surface area contributed by atoms with E-state index in [4.69, 9.17) is 0 Å². The van der Waals surface area contributed by atoms with Gasteiger partial charge in [-0.1, -0.05) is 59.3 Å². The number of amides is 1. The zero-order valence-electron chi connectivity index (χ0n) is 13.3. The molecule has 0 aliphatic rings. The van der Waals surface area contributed by atoms with Gasteiger partial charge in [0.15, 0.2) is 0 Å². The van der Waals surface area contributed by atoms with Gasteiger partial charge in [0.2, 0.25) is 5.91 Å². The third-order valence-electron chi connectivity index (χ3n) is 3.19. The maximum absolute atomic E-state index is 11.4. The van der Waals surface area contributed by atoms with Crippen LogP contribution in [0.4, 0.5) is 0 Å². The summed E-state index contributed by atoms with van der Waals surface area (Å²) in [6.45, 7) is 9.11. The highest BCUT2D eigenvalue weighted by atomic mass is 16.1. The molecule has 0 atom stereocenters. The standard InChI is InChI=1S/C16H34N2O/c1-4-5-6-7-8-9-10-12-17-13-11-16(19)18-14-15(2)3/h15,17H,4-14H2,1-3H3,(H,18,19). The Kier molecular flexibility index (Phi) is 13.4. The monoisotopic (exact) mass is 270 g/mol. The first-order valence-corrected chi connectivity index (χ1v) is 8.14. The van der Waals surface area contributed by atoms with Gasteiger partial charge in [-0.05, 0) is 18.9 Å². The molecule has 0 rings (SSSR count). The Morgan fingerprint density at radius 3 is 2.21 bits per heavy atom. The molecular formula is C16H34N2O. The van der Waals surface area contributed by atoms with Crippen LogP contribution in [0.5, 0.6) is 0 Å². The summed E-state index contributed by atoms with van der Waals surface area (Å²) in [4.78, 5) is 11.4. The highest BCUT2D eigenvalue weighted by molar-refractivity contribution is 5.76. The fourth-order valence-corrected chi connectivity index (χ4v) is 1.94. The summed E-state index contributed by atoms with van der Waals surface area (Å²) in [6, 6.07) is 0. The summed E-state index contributed by atoms with van der Waals surface area (Å²) < 4.78 is 0. The van der Waals surface area contributed by atoms with Gasteiger partial charge in [0, 0.05) is 19.5 Å². The molecule has 0 spiro atoms. The van der Waals surface area contributed by atoms with Crippen LogP contribution in [0, 0.1) is 5.92 Å². The van der Waals surface area contributed by atoms with Crippen molar-refractivity contribution in [3.05, 3.63) is 0 Å². The Morgan fingerprint density at radius 1 is 0.947 bits per heavy atom. The summed E-state index contributed by atoms with van der Waals surface area (Å²) in [5.41, 5.74) is 0. The van der Waals surface area contributed by atoms with Crippen molar-refractivity contribution in [2.45, 2.75) is 72.1 Å². The van der Waals surface area contributed by atoms with Crippen molar-refractivity contribution in [3.8, 4) is 0 Å². The highest BCUT2D eigenvalue weighted by Crippen LogP contribution is 2.06. The SMILES string of the molecule is CCCCCCCCCNCCC(=O)NCC(C)C. The molecule has 0 fully saturated rings. The number of carbonyl (C=O) groups is 1. The van der Waals surface area contributed by atoms with Crippen molar-refractivity contribution in [3.63, 3.8) is 0 Å². The van der Waals surface area contributed by atoms with E-state index in [0.717, 1.165) is 19.6 Å².